The highest BCUT2D eigenvalue weighted by atomic mass is 32.2. The van der Waals surface area contributed by atoms with Crippen molar-refractivity contribution in [3.05, 3.63) is 35.0 Å². The number of pyridine rings is 1. The van der Waals surface area contributed by atoms with Crippen molar-refractivity contribution in [2.24, 2.45) is 0 Å². The van der Waals surface area contributed by atoms with E-state index in [0.29, 0.717) is 9.23 Å². The van der Waals surface area contributed by atoms with Crippen molar-refractivity contribution in [3.8, 4) is 0 Å². The Morgan fingerprint density at radius 2 is 2.17 bits per heavy atom. The molecule has 2 heterocycles. The molecule has 1 aliphatic heterocycles. The molecular weight excluding hydrogens is 264 g/mol. The lowest BCUT2D eigenvalue weighted by atomic mass is 10.1. The van der Waals surface area contributed by atoms with Crippen molar-refractivity contribution < 1.29 is 4.79 Å². The van der Waals surface area contributed by atoms with Crippen molar-refractivity contribution in [2.45, 2.75) is 26.3 Å². The molecule has 1 aromatic rings. The van der Waals surface area contributed by atoms with Crippen LogP contribution in [0.1, 0.15) is 26.3 Å². The number of thioether (sulfide) groups is 1. The third-order valence-corrected chi connectivity index (χ3v) is 3.75. The van der Waals surface area contributed by atoms with E-state index in [1.165, 1.54) is 11.8 Å². The normalized spacial score (nSPS) is 18.8. The fourth-order valence-corrected chi connectivity index (χ4v) is 3.29. The molecule has 94 valence electrons. The van der Waals surface area contributed by atoms with E-state index in [-0.39, 0.29) is 11.4 Å². The highest BCUT2D eigenvalue weighted by Crippen LogP contribution is 2.36. The molecule has 0 unspecified atom stereocenters. The van der Waals surface area contributed by atoms with Crippen molar-refractivity contribution >= 4 is 40.3 Å². The minimum atomic E-state index is -0.286. The fourth-order valence-electron chi connectivity index (χ4n) is 1.66. The topological polar surface area (TPSA) is 33.2 Å². The molecule has 0 atom stereocenters. The molecule has 0 N–H and O–H groups in total. The number of amides is 1. The number of hydrogen-bond acceptors (Lipinski definition) is 4. The maximum absolute atomic E-state index is 12.3. The third-order valence-electron chi connectivity index (χ3n) is 2.45. The zero-order valence-electron chi connectivity index (χ0n) is 10.5. The summed E-state index contributed by atoms with van der Waals surface area (Å²) in [5.74, 6) is -0.0265. The largest absolute Gasteiger partial charge is 0.288 e. The van der Waals surface area contributed by atoms with Crippen LogP contribution in [-0.2, 0) is 4.79 Å². The van der Waals surface area contributed by atoms with E-state index in [2.05, 4.69) is 4.98 Å². The quantitative estimate of drug-likeness (QED) is 0.584. The summed E-state index contributed by atoms with van der Waals surface area (Å²) in [5.41, 5.74) is 0.623. The third kappa shape index (κ3) is 2.62. The molecule has 0 saturated carbocycles. The fraction of sp³-hybridized carbons (Fsp3) is 0.308. The van der Waals surface area contributed by atoms with Crippen LogP contribution < -0.4 is 0 Å². The molecule has 0 radical (unpaired) electrons. The first-order chi connectivity index (χ1) is 8.39. The summed E-state index contributed by atoms with van der Waals surface area (Å²) in [5, 5.41) is 0. The van der Waals surface area contributed by atoms with Crippen molar-refractivity contribution in [1.29, 1.82) is 0 Å². The van der Waals surface area contributed by atoms with Crippen molar-refractivity contribution in [3.63, 3.8) is 0 Å². The smallest absolute Gasteiger partial charge is 0.266 e. The lowest BCUT2D eigenvalue weighted by Crippen LogP contribution is -2.44. The molecule has 0 aromatic carbocycles. The van der Waals surface area contributed by atoms with Gasteiger partial charge in [0.1, 0.15) is 4.32 Å². The second-order valence-electron chi connectivity index (χ2n) is 4.97. The van der Waals surface area contributed by atoms with Crippen LogP contribution in [0.15, 0.2) is 29.4 Å². The molecule has 0 aliphatic carbocycles. The van der Waals surface area contributed by atoms with Gasteiger partial charge in [-0.05, 0) is 38.5 Å². The predicted octanol–water partition coefficient (Wildman–Crippen LogP) is 3.08. The molecule has 1 aromatic heterocycles. The Labute approximate surface area is 116 Å². The number of carbonyl (C=O) groups excluding carboxylic acids is 1. The Balaban J connectivity index is 2.32. The van der Waals surface area contributed by atoms with Crippen LogP contribution in [0.4, 0.5) is 0 Å². The summed E-state index contributed by atoms with van der Waals surface area (Å²) in [4.78, 5) is 18.6. The van der Waals surface area contributed by atoms with Gasteiger partial charge in [-0.3, -0.25) is 14.7 Å². The van der Waals surface area contributed by atoms with Gasteiger partial charge in [-0.25, -0.2) is 0 Å². The van der Waals surface area contributed by atoms with E-state index in [1.54, 1.807) is 17.3 Å². The predicted molar refractivity (Wildman–Crippen MR) is 79.0 cm³/mol. The zero-order chi connectivity index (χ0) is 13.3. The lowest BCUT2D eigenvalue weighted by molar-refractivity contribution is -0.125. The molecule has 5 heteroatoms. The Bertz CT molecular complexity index is 518. The summed E-state index contributed by atoms with van der Waals surface area (Å²) < 4.78 is 0.614. The van der Waals surface area contributed by atoms with E-state index in [9.17, 15) is 4.79 Å². The molecule has 1 saturated heterocycles. The van der Waals surface area contributed by atoms with Gasteiger partial charge >= 0.3 is 0 Å². The molecule has 0 bridgehead atoms. The molecule has 0 spiro atoms. The van der Waals surface area contributed by atoms with Crippen LogP contribution in [0.25, 0.3) is 6.08 Å². The van der Waals surface area contributed by atoms with Gasteiger partial charge in [0, 0.05) is 17.9 Å². The minimum absolute atomic E-state index is 0.0265. The Morgan fingerprint density at radius 1 is 1.44 bits per heavy atom. The molecule has 1 aliphatic rings. The van der Waals surface area contributed by atoms with Gasteiger partial charge < -0.3 is 0 Å². The summed E-state index contributed by atoms with van der Waals surface area (Å²) in [6.45, 7) is 5.93. The van der Waals surface area contributed by atoms with Gasteiger partial charge in [0.05, 0.1) is 4.91 Å². The lowest BCUT2D eigenvalue weighted by Gasteiger charge is -2.30. The average Bonchev–Trinajstić information content (AvgIpc) is 2.54. The molecule has 1 amide bonds. The van der Waals surface area contributed by atoms with Crippen LogP contribution in [-0.4, -0.2) is 25.7 Å². The van der Waals surface area contributed by atoms with E-state index in [1.807, 2.05) is 39.0 Å². The molecular formula is C13H14N2OS2. The number of rotatable bonds is 1. The number of carbonyl (C=O) groups is 1. The first-order valence-corrected chi connectivity index (χ1v) is 6.80. The average molecular weight is 278 g/mol. The number of thiocarbonyl (C=S) groups is 1. The van der Waals surface area contributed by atoms with Gasteiger partial charge in [-0.2, -0.15) is 0 Å². The SMILES string of the molecule is CC(C)(C)N1C(=O)C(=Cc2cccnc2)SC1=S. The number of aromatic nitrogens is 1. The van der Waals surface area contributed by atoms with Gasteiger partial charge in [0.25, 0.3) is 5.91 Å². The first kappa shape index (κ1) is 13.2. The monoisotopic (exact) mass is 278 g/mol. The molecule has 3 nitrogen and oxygen atoms in total. The maximum Gasteiger partial charge on any atom is 0.266 e. The van der Waals surface area contributed by atoms with E-state index < -0.39 is 0 Å². The Morgan fingerprint density at radius 3 is 2.67 bits per heavy atom. The van der Waals surface area contributed by atoms with Crippen LogP contribution in [0.5, 0.6) is 0 Å². The standard InChI is InChI=1S/C13H14N2OS2/c1-13(2,3)15-11(16)10(18-12(15)17)7-9-5-4-6-14-8-9/h4-8H,1-3H3. The number of nitrogens with zero attached hydrogens (tertiary/aromatic N) is 2. The number of hydrogen-bond donors (Lipinski definition) is 0. The van der Waals surface area contributed by atoms with E-state index in [0.717, 1.165) is 5.56 Å². The summed E-state index contributed by atoms with van der Waals surface area (Å²) >= 11 is 6.62. The molecule has 2 rings (SSSR count). The van der Waals surface area contributed by atoms with Gasteiger partial charge in [-0.15, -0.1) is 0 Å². The van der Waals surface area contributed by atoms with Gasteiger partial charge in [0.2, 0.25) is 0 Å². The van der Waals surface area contributed by atoms with E-state index in [4.69, 9.17) is 12.2 Å². The van der Waals surface area contributed by atoms with Gasteiger partial charge in [-0.1, -0.05) is 30.0 Å². The summed E-state index contributed by atoms with van der Waals surface area (Å²) in [6.07, 6.45) is 5.26. The first-order valence-electron chi connectivity index (χ1n) is 5.58. The highest BCUT2D eigenvalue weighted by molar-refractivity contribution is 8.26. The Hall–Kier alpha value is -1.20. The van der Waals surface area contributed by atoms with Crippen molar-refractivity contribution in [2.75, 3.05) is 0 Å². The second kappa shape index (κ2) is 4.82. The summed E-state index contributed by atoms with van der Waals surface area (Å²) in [7, 11) is 0. The van der Waals surface area contributed by atoms with Crippen molar-refractivity contribution in [1.82, 2.24) is 9.88 Å². The second-order valence-corrected chi connectivity index (χ2v) is 6.65. The summed E-state index contributed by atoms with van der Waals surface area (Å²) in [6, 6.07) is 3.76. The Kier molecular flexibility index (Phi) is 3.54. The highest BCUT2D eigenvalue weighted by Gasteiger charge is 2.38. The maximum atomic E-state index is 12.3. The zero-order valence-corrected chi connectivity index (χ0v) is 12.1. The van der Waals surface area contributed by atoms with Crippen LogP contribution in [0.2, 0.25) is 0 Å². The molecule has 18 heavy (non-hydrogen) atoms. The van der Waals surface area contributed by atoms with Gasteiger partial charge in [0.15, 0.2) is 0 Å². The minimum Gasteiger partial charge on any atom is -0.288 e. The van der Waals surface area contributed by atoms with Crippen LogP contribution in [0, 0.1) is 0 Å². The molecule has 1 fully saturated rings. The van der Waals surface area contributed by atoms with E-state index >= 15 is 0 Å². The van der Waals surface area contributed by atoms with Crippen LogP contribution in [0.3, 0.4) is 0 Å². The van der Waals surface area contributed by atoms with Crippen LogP contribution >= 0.6 is 24.0 Å².